The van der Waals surface area contributed by atoms with Crippen LogP contribution >= 0.6 is 11.8 Å². The number of piperidine rings is 1. The highest BCUT2D eigenvalue weighted by Crippen LogP contribution is 2.30. The number of amides is 3. The number of hydrogen-bond donors (Lipinski definition) is 4. The average molecular weight is 398 g/mol. The van der Waals surface area contributed by atoms with Gasteiger partial charge in [0.1, 0.15) is 15.6 Å². The van der Waals surface area contributed by atoms with Crippen molar-refractivity contribution in [3.05, 3.63) is 63.0 Å². The van der Waals surface area contributed by atoms with Gasteiger partial charge in [-0.05, 0) is 43.5 Å². The molecule has 8 heteroatoms. The van der Waals surface area contributed by atoms with E-state index in [9.17, 15) is 14.0 Å². The highest BCUT2D eigenvalue weighted by Gasteiger charge is 2.23. The van der Waals surface area contributed by atoms with Crippen molar-refractivity contribution in [1.82, 2.24) is 16.0 Å². The zero-order valence-electron chi connectivity index (χ0n) is 15.0. The van der Waals surface area contributed by atoms with E-state index in [4.69, 9.17) is 5.73 Å². The smallest absolute Gasteiger partial charge is 0.316 e. The molecule has 0 bridgehead atoms. The summed E-state index contributed by atoms with van der Waals surface area (Å²) in [4.78, 5) is 24.8. The molecule has 1 atom stereocenters. The first kappa shape index (κ1) is 19.8. The third-order valence-electron chi connectivity index (χ3n) is 4.04. The van der Waals surface area contributed by atoms with Crippen molar-refractivity contribution in [3.63, 3.8) is 0 Å². The molecule has 0 unspecified atom stereocenters. The molecular weight excluding hydrogens is 379 g/mol. The zero-order valence-corrected chi connectivity index (χ0v) is 15.8. The van der Waals surface area contributed by atoms with Crippen LogP contribution in [0.1, 0.15) is 18.4 Å². The fourth-order valence-corrected chi connectivity index (χ4v) is 3.56. The summed E-state index contributed by atoms with van der Waals surface area (Å²) in [6, 6.07) is 5.17. The summed E-state index contributed by atoms with van der Waals surface area (Å²) < 4.78 is 13.3. The summed E-state index contributed by atoms with van der Waals surface area (Å²) in [7, 11) is 0. The number of nitrogens with one attached hydrogen (secondary N) is 3. The van der Waals surface area contributed by atoms with Gasteiger partial charge < -0.3 is 21.7 Å². The second kappa shape index (κ2) is 9.29. The number of allylic oxidation sites excluding steroid dienone is 1. The summed E-state index contributed by atoms with van der Waals surface area (Å²) >= 11 is 1.09. The van der Waals surface area contributed by atoms with Crippen LogP contribution in [0.4, 0.5) is 9.18 Å². The minimum absolute atomic E-state index is 0.0147. The van der Waals surface area contributed by atoms with Crippen LogP contribution in [-0.2, 0) is 4.79 Å². The van der Waals surface area contributed by atoms with Crippen LogP contribution in [0.3, 0.4) is 0 Å². The fourth-order valence-electron chi connectivity index (χ4n) is 2.77. The van der Waals surface area contributed by atoms with Gasteiger partial charge in [0.25, 0.3) is 5.91 Å². The molecule has 28 heavy (non-hydrogen) atoms. The molecule has 2 heterocycles. The van der Waals surface area contributed by atoms with Crippen molar-refractivity contribution in [2.45, 2.75) is 18.9 Å². The normalized spacial score (nSPS) is 18.6. The van der Waals surface area contributed by atoms with E-state index in [1.165, 1.54) is 18.2 Å². The lowest BCUT2D eigenvalue weighted by Gasteiger charge is -2.25. The molecule has 3 rings (SSSR count). The molecule has 0 spiro atoms. The molecule has 5 N–H and O–H groups in total. The molecule has 3 amide bonds. The number of halogens is 1. The van der Waals surface area contributed by atoms with Crippen LogP contribution in [-0.4, -0.2) is 31.1 Å². The van der Waals surface area contributed by atoms with Gasteiger partial charge in [0, 0.05) is 24.2 Å². The second-order valence-corrected chi connectivity index (χ2v) is 7.25. The van der Waals surface area contributed by atoms with E-state index in [0.717, 1.165) is 31.1 Å². The lowest BCUT2D eigenvalue weighted by molar-refractivity contribution is -0.117. The lowest BCUT2D eigenvalue weighted by atomic mass is 10.1. The summed E-state index contributed by atoms with van der Waals surface area (Å²) in [6.07, 6.45) is 3.33. The van der Waals surface area contributed by atoms with Crippen LogP contribution < -0.4 is 21.7 Å². The highest BCUT2D eigenvalue weighted by atomic mass is 32.2. The maximum absolute atomic E-state index is 13.3. The summed E-state index contributed by atoms with van der Waals surface area (Å²) in [5.41, 5.74) is 8.90. The number of primary amides is 1. The molecule has 2 aliphatic rings. The number of carbonyl (C=O) groups is 2. The minimum Gasteiger partial charge on any atom is -0.351 e. The summed E-state index contributed by atoms with van der Waals surface area (Å²) in [6.45, 7) is 1.63. The largest absolute Gasteiger partial charge is 0.351 e. The van der Waals surface area contributed by atoms with Gasteiger partial charge in [-0.3, -0.25) is 4.79 Å². The molecule has 6 nitrogen and oxygen atoms in total. The number of rotatable bonds is 3. The molecule has 1 aromatic rings. The van der Waals surface area contributed by atoms with Crippen LogP contribution in [0, 0.1) is 17.7 Å². The first-order valence-electron chi connectivity index (χ1n) is 8.76. The molecule has 2 aliphatic heterocycles. The Kier molecular flexibility index (Phi) is 6.56. The molecule has 0 aliphatic carbocycles. The highest BCUT2D eigenvalue weighted by molar-refractivity contribution is 8.07. The van der Waals surface area contributed by atoms with Crippen LogP contribution in [0.25, 0.3) is 0 Å². The van der Waals surface area contributed by atoms with Gasteiger partial charge in [-0.25, -0.2) is 9.18 Å². The van der Waals surface area contributed by atoms with E-state index < -0.39 is 6.03 Å². The van der Waals surface area contributed by atoms with Gasteiger partial charge in [0.15, 0.2) is 0 Å². The van der Waals surface area contributed by atoms with Gasteiger partial charge in [-0.1, -0.05) is 29.5 Å². The quantitative estimate of drug-likeness (QED) is 0.460. The van der Waals surface area contributed by atoms with Gasteiger partial charge in [-0.2, -0.15) is 0 Å². The van der Waals surface area contributed by atoms with Crippen molar-refractivity contribution in [2.24, 2.45) is 5.73 Å². The van der Waals surface area contributed by atoms with Crippen molar-refractivity contribution in [3.8, 4) is 11.8 Å². The number of carbonyl (C=O) groups excluding carboxylic acids is 2. The topological polar surface area (TPSA) is 96.2 Å². The molecule has 0 radical (unpaired) electrons. The third kappa shape index (κ3) is 5.51. The number of thioether (sulfide) groups is 1. The molecule has 1 fully saturated rings. The molecule has 0 aromatic heterocycles. The van der Waals surface area contributed by atoms with Crippen molar-refractivity contribution >= 4 is 23.7 Å². The first-order chi connectivity index (χ1) is 13.5. The van der Waals surface area contributed by atoms with Crippen LogP contribution in [0.2, 0.25) is 0 Å². The van der Waals surface area contributed by atoms with Crippen LogP contribution in [0.15, 0.2) is 51.6 Å². The Balaban J connectivity index is 1.79. The van der Waals surface area contributed by atoms with Crippen molar-refractivity contribution in [1.29, 1.82) is 0 Å². The maximum Gasteiger partial charge on any atom is 0.316 e. The fraction of sp³-hybridized carbons (Fsp3) is 0.250. The molecule has 1 saturated heterocycles. The van der Waals surface area contributed by atoms with E-state index in [-0.39, 0.29) is 28.4 Å². The Morgan fingerprint density at radius 1 is 1.36 bits per heavy atom. The first-order valence-corrected chi connectivity index (χ1v) is 9.57. The Labute approximate surface area is 166 Å². The molecular formula is C20H19FN4O2S. The molecule has 1 aromatic carbocycles. The van der Waals surface area contributed by atoms with E-state index >= 15 is 0 Å². The third-order valence-corrected chi connectivity index (χ3v) is 5.07. The Morgan fingerprint density at radius 2 is 2.21 bits per heavy atom. The maximum atomic E-state index is 13.3. The SMILES string of the molecule is NC(=O)NC1=C(C(=O)N[C@H]2CCCNC2)SC(C#Cc2cccc(F)c2)=C=C1. The Bertz CT molecular complexity index is 948. The monoisotopic (exact) mass is 398 g/mol. The number of hydrogen-bond acceptors (Lipinski definition) is 4. The van der Waals surface area contributed by atoms with E-state index in [1.54, 1.807) is 12.1 Å². The summed E-state index contributed by atoms with van der Waals surface area (Å²) in [5, 5.41) is 8.64. The van der Waals surface area contributed by atoms with Gasteiger partial charge >= 0.3 is 6.03 Å². The standard InChI is InChI=1S/C20H19FN4O2S/c21-14-4-1-3-13(11-14)6-7-16-8-9-17(25-20(22)27)18(28-16)19(26)24-15-5-2-10-23-12-15/h1,3-4,9,11,15,23H,2,5,10,12H2,(H,24,26)(H3,22,25,27)/t15-/m0/s1. The van der Waals surface area contributed by atoms with E-state index in [1.807, 2.05) is 0 Å². The zero-order chi connectivity index (χ0) is 19.9. The predicted molar refractivity (Wildman–Crippen MR) is 106 cm³/mol. The van der Waals surface area contributed by atoms with Gasteiger partial charge in [-0.15, -0.1) is 0 Å². The molecule has 144 valence electrons. The number of urea groups is 1. The van der Waals surface area contributed by atoms with Crippen molar-refractivity contribution in [2.75, 3.05) is 13.1 Å². The number of nitrogens with two attached hydrogens (primary N) is 1. The van der Waals surface area contributed by atoms with Gasteiger partial charge in [0.2, 0.25) is 0 Å². The summed E-state index contributed by atoms with van der Waals surface area (Å²) in [5.74, 6) is 5.03. The van der Waals surface area contributed by atoms with Crippen LogP contribution in [0.5, 0.6) is 0 Å². The van der Waals surface area contributed by atoms with E-state index in [2.05, 4.69) is 33.5 Å². The minimum atomic E-state index is -0.771. The Hall–Kier alpha value is -2.98. The van der Waals surface area contributed by atoms with Crippen molar-refractivity contribution < 1.29 is 14.0 Å². The molecule has 0 saturated carbocycles. The van der Waals surface area contributed by atoms with Gasteiger partial charge in [0.05, 0.1) is 5.70 Å². The average Bonchev–Trinajstić information content (AvgIpc) is 2.67. The number of benzene rings is 1. The predicted octanol–water partition coefficient (Wildman–Crippen LogP) is 1.71. The lowest BCUT2D eigenvalue weighted by Crippen LogP contribution is -2.46. The Morgan fingerprint density at radius 3 is 2.93 bits per heavy atom. The second-order valence-electron chi connectivity index (χ2n) is 6.23. The van der Waals surface area contributed by atoms with E-state index in [0.29, 0.717) is 17.0 Å².